The molecule has 4 nitrogen and oxygen atoms in total. The van der Waals surface area contributed by atoms with Crippen molar-refractivity contribution in [3.63, 3.8) is 0 Å². The number of benzene rings is 1. The van der Waals surface area contributed by atoms with Crippen molar-refractivity contribution in [2.24, 2.45) is 4.99 Å². The maximum atomic E-state index is 12.5. The van der Waals surface area contributed by atoms with Gasteiger partial charge in [0.2, 0.25) is 5.96 Å². The lowest BCUT2D eigenvalue weighted by Crippen LogP contribution is -2.24. The fourth-order valence-corrected chi connectivity index (χ4v) is 1.38. The van der Waals surface area contributed by atoms with Crippen molar-refractivity contribution >= 4 is 23.9 Å². The molecule has 1 aromatic rings. The Morgan fingerprint density at radius 1 is 1.42 bits per heavy atom. The average Bonchev–Trinajstić information content (AvgIpc) is 2.35. The third-order valence-electron chi connectivity index (χ3n) is 1.95. The van der Waals surface area contributed by atoms with Gasteiger partial charge in [0.1, 0.15) is 12.2 Å². The number of nitrogens with zero attached hydrogens (tertiary/aromatic N) is 1. The SMILES string of the molecule is C/C=C/N=C(NSO)Nc1cccc(C(F)(F)F)c1. The molecule has 0 radical (unpaired) electrons. The number of aliphatic imine (C=N–C) groups is 1. The molecule has 0 unspecified atom stereocenters. The molecule has 0 spiro atoms. The van der Waals surface area contributed by atoms with E-state index in [1.807, 2.05) is 0 Å². The van der Waals surface area contributed by atoms with E-state index < -0.39 is 11.7 Å². The van der Waals surface area contributed by atoms with Crippen molar-refractivity contribution in [2.75, 3.05) is 5.32 Å². The smallest absolute Gasteiger partial charge is 0.325 e. The molecule has 19 heavy (non-hydrogen) atoms. The van der Waals surface area contributed by atoms with Crippen LogP contribution in [0.1, 0.15) is 12.5 Å². The molecule has 1 aromatic carbocycles. The van der Waals surface area contributed by atoms with Crippen LogP contribution in [0.3, 0.4) is 0 Å². The summed E-state index contributed by atoms with van der Waals surface area (Å²) in [5.74, 6) is 0.116. The highest BCUT2D eigenvalue weighted by Crippen LogP contribution is 2.30. The summed E-state index contributed by atoms with van der Waals surface area (Å²) < 4.78 is 48.7. The molecule has 0 aliphatic carbocycles. The summed E-state index contributed by atoms with van der Waals surface area (Å²) in [7, 11) is 0. The first-order chi connectivity index (χ1) is 8.97. The Labute approximate surface area is 112 Å². The van der Waals surface area contributed by atoms with Gasteiger partial charge in [0, 0.05) is 11.9 Å². The number of hydrogen-bond donors (Lipinski definition) is 3. The molecule has 8 heteroatoms. The first-order valence-corrected chi connectivity index (χ1v) is 5.94. The van der Waals surface area contributed by atoms with Crippen LogP contribution in [0.2, 0.25) is 0 Å². The van der Waals surface area contributed by atoms with Crippen LogP contribution in [0.25, 0.3) is 0 Å². The van der Waals surface area contributed by atoms with E-state index in [4.69, 9.17) is 4.55 Å². The Balaban J connectivity index is 2.91. The van der Waals surface area contributed by atoms with Gasteiger partial charge in [0.15, 0.2) is 0 Å². The van der Waals surface area contributed by atoms with E-state index in [1.54, 1.807) is 13.0 Å². The predicted octanol–water partition coefficient (Wildman–Crippen LogP) is 3.72. The number of alkyl halides is 3. The summed E-state index contributed by atoms with van der Waals surface area (Å²) in [5.41, 5.74) is -0.556. The molecule has 0 amide bonds. The zero-order chi connectivity index (χ0) is 14.3. The Kier molecular flexibility index (Phi) is 5.71. The van der Waals surface area contributed by atoms with Gasteiger partial charge in [-0.1, -0.05) is 12.1 Å². The largest absolute Gasteiger partial charge is 0.416 e. The number of rotatable bonds is 3. The van der Waals surface area contributed by atoms with Gasteiger partial charge < -0.3 is 9.87 Å². The highest BCUT2D eigenvalue weighted by atomic mass is 32.2. The molecule has 1 rings (SSSR count). The fourth-order valence-electron chi connectivity index (χ4n) is 1.19. The van der Waals surface area contributed by atoms with Crippen LogP contribution >= 0.6 is 12.2 Å². The van der Waals surface area contributed by atoms with Gasteiger partial charge in [-0.15, -0.1) is 0 Å². The third-order valence-corrected chi connectivity index (χ3v) is 2.23. The number of halogens is 3. The van der Waals surface area contributed by atoms with Crippen LogP contribution in [-0.2, 0) is 6.18 Å². The van der Waals surface area contributed by atoms with Crippen LogP contribution < -0.4 is 10.0 Å². The van der Waals surface area contributed by atoms with Gasteiger partial charge in [-0.25, -0.2) is 4.99 Å². The molecular formula is C11H12F3N3OS. The van der Waals surface area contributed by atoms with Crippen LogP contribution in [0, 0.1) is 0 Å². The molecule has 0 heterocycles. The van der Waals surface area contributed by atoms with Crippen molar-refractivity contribution in [3.05, 3.63) is 42.1 Å². The van der Waals surface area contributed by atoms with Crippen molar-refractivity contribution < 1.29 is 17.7 Å². The number of allylic oxidation sites excluding steroid dienone is 1. The zero-order valence-corrected chi connectivity index (χ0v) is 10.7. The summed E-state index contributed by atoms with van der Waals surface area (Å²) in [4.78, 5) is 3.87. The Hall–Kier alpha value is -1.67. The van der Waals surface area contributed by atoms with E-state index in [0.29, 0.717) is 0 Å². The van der Waals surface area contributed by atoms with Crippen LogP contribution in [0.15, 0.2) is 41.5 Å². The van der Waals surface area contributed by atoms with Gasteiger partial charge >= 0.3 is 6.18 Å². The molecule has 104 valence electrons. The summed E-state index contributed by atoms with van der Waals surface area (Å²) in [5, 5.41) is 2.63. The number of guanidine groups is 1. The molecule has 3 N–H and O–H groups in total. The highest BCUT2D eigenvalue weighted by molar-refractivity contribution is 7.92. The lowest BCUT2D eigenvalue weighted by atomic mass is 10.2. The maximum Gasteiger partial charge on any atom is 0.416 e. The van der Waals surface area contributed by atoms with E-state index in [9.17, 15) is 13.2 Å². The highest BCUT2D eigenvalue weighted by Gasteiger charge is 2.30. The Morgan fingerprint density at radius 2 is 2.16 bits per heavy atom. The minimum absolute atomic E-state index is 0.116. The second-order valence-electron chi connectivity index (χ2n) is 3.36. The van der Waals surface area contributed by atoms with E-state index >= 15 is 0 Å². The van der Waals surface area contributed by atoms with Gasteiger partial charge in [-0.05, 0) is 25.1 Å². The van der Waals surface area contributed by atoms with Gasteiger partial charge in [-0.3, -0.25) is 4.72 Å². The number of anilines is 1. The average molecular weight is 291 g/mol. The molecule has 0 aliphatic heterocycles. The maximum absolute atomic E-state index is 12.5. The van der Waals surface area contributed by atoms with Gasteiger partial charge in [-0.2, -0.15) is 13.2 Å². The van der Waals surface area contributed by atoms with Gasteiger partial charge in [0.25, 0.3) is 0 Å². The van der Waals surface area contributed by atoms with Crippen molar-refractivity contribution in [3.8, 4) is 0 Å². The second kappa shape index (κ2) is 7.05. The summed E-state index contributed by atoms with van der Waals surface area (Å²) in [6, 6.07) is 4.67. The van der Waals surface area contributed by atoms with E-state index in [2.05, 4.69) is 15.0 Å². The predicted molar refractivity (Wildman–Crippen MR) is 70.7 cm³/mol. The quantitative estimate of drug-likeness (QED) is 0.344. The molecule has 0 bridgehead atoms. The number of nitrogens with one attached hydrogen (secondary N) is 2. The van der Waals surface area contributed by atoms with E-state index in [1.165, 1.54) is 18.3 Å². The minimum Gasteiger partial charge on any atom is -0.325 e. The monoisotopic (exact) mass is 291 g/mol. The fraction of sp³-hybridized carbons (Fsp3) is 0.182. The summed E-state index contributed by atoms with van der Waals surface area (Å²) in [6.07, 6.45) is -1.34. The molecule has 0 aromatic heterocycles. The lowest BCUT2D eigenvalue weighted by molar-refractivity contribution is -0.137. The van der Waals surface area contributed by atoms with Crippen LogP contribution in [0.5, 0.6) is 0 Å². The molecule has 0 atom stereocenters. The Morgan fingerprint density at radius 3 is 2.74 bits per heavy atom. The topological polar surface area (TPSA) is 56.7 Å². The normalized spacial score (nSPS) is 12.8. The summed E-state index contributed by atoms with van der Waals surface area (Å²) in [6.45, 7) is 1.73. The zero-order valence-electron chi connectivity index (χ0n) is 9.90. The first kappa shape index (κ1) is 15.4. The van der Waals surface area contributed by atoms with Gasteiger partial charge in [0.05, 0.1) is 5.56 Å². The van der Waals surface area contributed by atoms with E-state index in [0.717, 1.165) is 12.1 Å². The Bertz CT molecular complexity index is 474. The van der Waals surface area contributed by atoms with Crippen molar-refractivity contribution in [1.29, 1.82) is 0 Å². The molecular weight excluding hydrogens is 279 g/mol. The van der Waals surface area contributed by atoms with E-state index in [-0.39, 0.29) is 23.9 Å². The van der Waals surface area contributed by atoms with Crippen LogP contribution in [-0.4, -0.2) is 10.5 Å². The minimum atomic E-state index is -4.41. The summed E-state index contributed by atoms with van der Waals surface area (Å²) >= 11 is 0.290. The van der Waals surface area contributed by atoms with Crippen molar-refractivity contribution in [2.45, 2.75) is 13.1 Å². The third kappa shape index (κ3) is 5.23. The lowest BCUT2D eigenvalue weighted by Gasteiger charge is -2.11. The molecule has 0 aliphatic rings. The molecule has 0 fully saturated rings. The second-order valence-corrected chi connectivity index (χ2v) is 3.74. The first-order valence-electron chi connectivity index (χ1n) is 5.17. The molecule has 0 saturated heterocycles. The van der Waals surface area contributed by atoms with Crippen LogP contribution in [0.4, 0.5) is 18.9 Å². The van der Waals surface area contributed by atoms with Crippen molar-refractivity contribution in [1.82, 2.24) is 4.72 Å². The molecule has 0 saturated carbocycles. The standard InChI is InChI=1S/C11H12F3N3OS/c1-2-6-15-10(17-19-18)16-9-5-3-4-8(7-9)11(12,13)14/h2-7,18H,1H3,(H2,15,16,17)/b6-2+. The number of hydrogen-bond acceptors (Lipinski definition) is 3.